The molecule has 0 aliphatic rings. The van der Waals surface area contributed by atoms with Crippen LogP contribution in [0.5, 0.6) is 0 Å². The third kappa shape index (κ3) is 5.58. The van der Waals surface area contributed by atoms with Crippen LogP contribution in [0.4, 0.5) is 0 Å². The molecule has 0 spiro atoms. The average Bonchev–Trinajstić information content (AvgIpc) is 2.14. The summed E-state index contributed by atoms with van der Waals surface area (Å²) in [4.78, 5) is 2.62. The predicted molar refractivity (Wildman–Crippen MR) is 64.7 cm³/mol. The predicted octanol–water partition coefficient (Wildman–Crippen LogP) is 3.21. The minimum atomic E-state index is 0.761. The van der Waals surface area contributed by atoms with E-state index in [2.05, 4.69) is 38.3 Å². The Morgan fingerprint density at radius 3 is 1.92 bits per heavy atom. The summed E-state index contributed by atoms with van der Waals surface area (Å²) in [5.41, 5.74) is 0. The Kier molecular flexibility index (Phi) is 9.10. The van der Waals surface area contributed by atoms with Crippen molar-refractivity contribution in [3.8, 4) is 0 Å². The van der Waals surface area contributed by atoms with Crippen LogP contribution in [-0.2, 0) is 0 Å². The molecule has 80 valence electrons. The van der Waals surface area contributed by atoms with Crippen molar-refractivity contribution in [3.05, 3.63) is 0 Å². The molecule has 0 aliphatic heterocycles. The Labute approximate surface area is 89.3 Å². The van der Waals surface area contributed by atoms with Gasteiger partial charge < -0.3 is 4.90 Å². The molecule has 13 heavy (non-hydrogen) atoms. The molecule has 0 N–H and O–H groups in total. The summed E-state index contributed by atoms with van der Waals surface area (Å²) in [7, 11) is 0. The van der Waals surface area contributed by atoms with Gasteiger partial charge in [0.15, 0.2) is 0 Å². The van der Waals surface area contributed by atoms with E-state index in [9.17, 15) is 0 Å². The first-order valence-electron chi connectivity index (χ1n) is 5.64. The van der Waals surface area contributed by atoms with Gasteiger partial charge in [0.2, 0.25) is 0 Å². The van der Waals surface area contributed by atoms with Crippen molar-refractivity contribution in [1.82, 2.24) is 4.90 Å². The molecule has 0 rings (SSSR count). The standard InChI is InChI=1S/C11H25NS/c1-4-8-12(9-5-2)11(6-3)7-10-13/h11,13H,4-10H2,1-3H3. The van der Waals surface area contributed by atoms with Crippen molar-refractivity contribution in [2.24, 2.45) is 0 Å². The summed E-state index contributed by atoms with van der Waals surface area (Å²) in [6.07, 6.45) is 5.03. The van der Waals surface area contributed by atoms with Crippen molar-refractivity contribution < 1.29 is 0 Å². The molecule has 0 amide bonds. The topological polar surface area (TPSA) is 3.24 Å². The van der Waals surface area contributed by atoms with E-state index in [1.54, 1.807) is 0 Å². The van der Waals surface area contributed by atoms with Gasteiger partial charge in [-0.15, -0.1) is 0 Å². The molecular weight excluding hydrogens is 178 g/mol. The van der Waals surface area contributed by atoms with E-state index in [0.29, 0.717) is 0 Å². The van der Waals surface area contributed by atoms with E-state index in [0.717, 1.165) is 11.8 Å². The summed E-state index contributed by atoms with van der Waals surface area (Å²) in [6, 6.07) is 0.761. The Morgan fingerprint density at radius 2 is 1.62 bits per heavy atom. The third-order valence-electron chi connectivity index (χ3n) is 2.47. The maximum absolute atomic E-state index is 4.32. The quantitative estimate of drug-likeness (QED) is 0.593. The van der Waals surface area contributed by atoms with Crippen LogP contribution in [0, 0.1) is 0 Å². The van der Waals surface area contributed by atoms with Gasteiger partial charge in [0.1, 0.15) is 0 Å². The van der Waals surface area contributed by atoms with Crippen molar-refractivity contribution >= 4 is 12.6 Å². The Balaban J connectivity index is 3.94. The molecule has 1 unspecified atom stereocenters. The van der Waals surface area contributed by atoms with Gasteiger partial charge >= 0.3 is 0 Å². The first-order valence-corrected chi connectivity index (χ1v) is 6.28. The fourth-order valence-electron chi connectivity index (χ4n) is 1.85. The molecule has 0 saturated carbocycles. The summed E-state index contributed by atoms with van der Waals surface area (Å²) in [5, 5.41) is 0. The van der Waals surface area contributed by atoms with Crippen molar-refractivity contribution in [2.75, 3.05) is 18.8 Å². The number of rotatable bonds is 8. The zero-order valence-corrected chi connectivity index (χ0v) is 10.3. The van der Waals surface area contributed by atoms with Crippen LogP contribution in [0.3, 0.4) is 0 Å². The highest BCUT2D eigenvalue weighted by Crippen LogP contribution is 2.10. The molecule has 0 aromatic heterocycles. The summed E-state index contributed by atoms with van der Waals surface area (Å²) in [5.74, 6) is 1.02. The molecule has 0 aliphatic carbocycles. The second kappa shape index (κ2) is 8.89. The van der Waals surface area contributed by atoms with Gasteiger partial charge in [-0.05, 0) is 44.5 Å². The van der Waals surface area contributed by atoms with Gasteiger partial charge in [-0.25, -0.2) is 0 Å². The number of hydrogen-bond acceptors (Lipinski definition) is 2. The van der Waals surface area contributed by atoms with E-state index < -0.39 is 0 Å². The van der Waals surface area contributed by atoms with E-state index in [1.165, 1.54) is 38.8 Å². The van der Waals surface area contributed by atoms with Crippen molar-refractivity contribution in [2.45, 2.75) is 52.5 Å². The van der Waals surface area contributed by atoms with Gasteiger partial charge in [0, 0.05) is 6.04 Å². The van der Waals surface area contributed by atoms with Gasteiger partial charge in [-0.3, -0.25) is 0 Å². The molecule has 0 aromatic rings. The average molecular weight is 203 g/mol. The summed E-state index contributed by atoms with van der Waals surface area (Å²) >= 11 is 4.32. The lowest BCUT2D eigenvalue weighted by atomic mass is 10.1. The summed E-state index contributed by atoms with van der Waals surface area (Å²) in [6.45, 7) is 9.30. The van der Waals surface area contributed by atoms with Crippen LogP contribution >= 0.6 is 12.6 Å². The fraction of sp³-hybridized carbons (Fsp3) is 1.00. The number of nitrogens with zero attached hydrogens (tertiary/aromatic N) is 1. The Bertz CT molecular complexity index is 100. The lowest BCUT2D eigenvalue weighted by Crippen LogP contribution is -2.36. The molecule has 0 bridgehead atoms. The highest BCUT2D eigenvalue weighted by Gasteiger charge is 2.13. The molecule has 0 aromatic carbocycles. The molecule has 2 heteroatoms. The number of hydrogen-bond donors (Lipinski definition) is 1. The molecular formula is C11H25NS. The monoisotopic (exact) mass is 203 g/mol. The lowest BCUT2D eigenvalue weighted by Gasteiger charge is -2.30. The SMILES string of the molecule is CCCN(CCC)C(CC)CCS. The van der Waals surface area contributed by atoms with Crippen LogP contribution in [0.15, 0.2) is 0 Å². The minimum Gasteiger partial charge on any atom is -0.300 e. The molecule has 1 atom stereocenters. The molecule has 1 nitrogen and oxygen atoms in total. The smallest absolute Gasteiger partial charge is 0.0100 e. The Morgan fingerprint density at radius 1 is 1.08 bits per heavy atom. The maximum atomic E-state index is 4.32. The van der Waals surface area contributed by atoms with Gasteiger partial charge in [0.25, 0.3) is 0 Å². The zero-order valence-electron chi connectivity index (χ0n) is 9.42. The molecule has 0 radical (unpaired) electrons. The van der Waals surface area contributed by atoms with E-state index in [4.69, 9.17) is 0 Å². The van der Waals surface area contributed by atoms with Crippen LogP contribution in [-0.4, -0.2) is 29.8 Å². The first-order chi connectivity index (χ1) is 6.29. The van der Waals surface area contributed by atoms with E-state index >= 15 is 0 Å². The van der Waals surface area contributed by atoms with Gasteiger partial charge in [0.05, 0.1) is 0 Å². The van der Waals surface area contributed by atoms with Crippen LogP contribution in [0.1, 0.15) is 46.5 Å². The number of thiol groups is 1. The van der Waals surface area contributed by atoms with Crippen molar-refractivity contribution in [3.63, 3.8) is 0 Å². The maximum Gasteiger partial charge on any atom is 0.0100 e. The van der Waals surface area contributed by atoms with Crippen LogP contribution in [0.2, 0.25) is 0 Å². The highest BCUT2D eigenvalue weighted by molar-refractivity contribution is 7.80. The molecule has 0 heterocycles. The zero-order chi connectivity index (χ0) is 10.1. The largest absolute Gasteiger partial charge is 0.300 e. The summed E-state index contributed by atoms with van der Waals surface area (Å²) < 4.78 is 0. The van der Waals surface area contributed by atoms with Crippen LogP contribution in [0.25, 0.3) is 0 Å². The van der Waals surface area contributed by atoms with Crippen LogP contribution < -0.4 is 0 Å². The lowest BCUT2D eigenvalue weighted by molar-refractivity contribution is 0.187. The highest BCUT2D eigenvalue weighted by atomic mass is 32.1. The molecule has 0 saturated heterocycles. The van der Waals surface area contributed by atoms with E-state index in [-0.39, 0.29) is 0 Å². The third-order valence-corrected chi connectivity index (χ3v) is 2.73. The Hall–Kier alpha value is 0.310. The van der Waals surface area contributed by atoms with Gasteiger partial charge in [-0.2, -0.15) is 12.6 Å². The first kappa shape index (κ1) is 13.3. The normalized spacial score (nSPS) is 13.6. The minimum absolute atomic E-state index is 0.761. The second-order valence-electron chi connectivity index (χ2n) is 3.61. The second-order valence-corrected chi connectivity index (χ2v) is 4.06. The molecule has 0 fully saturated rings. The van der Waals surface area contributed by atoms with Gasteiger partial charge in [-0.1, -0.05) is 20.8 Å². The fourth-order valence-corrected chi connectivity index (χ4v) is 2.14. The van der Waals surface area contributed by atoms with E-state index in [1.807, 2.05) is 0 Å². The van der Waals surface area contributed by atoms with Crippen molar-refractivity contribution in [1.29, 1.82) is 0 Å².